The minimum absolute atomic E-state index is 0.588. The van der Waals surface area contributed by atoms with Gasteiger partial charge in [-0.2, -0.15) is 4.98 Å². The zero-order valence-corrected chi connectivity index (χ0v) is 17.1. The Morgan fingerprint density at radius 1 is 1.00 bits per heavy atom. The standard InChI is InChI=1S/C24H27N5O/c1-2-7-19(8-3-1)22-9-6-10-23-26-24(27-29(22)23)25-20-11-13-21(14-12-20)30-18-17-28-15-4-5-16-28/h2,6-14H,1,3-5,15-18H2,(H,25,27). The van der Waals surface area contributed by atoms with Gasteiger partial charge in [0, 0.05) is 12.2 Å². The van der Waals surface area contributed by atoms with E-state index >= 15 is 0 Å². The maximum absolute atomic E-state index is 5.89. The van der Waals surface area contributed by atoms with Crippen molar-refractivity contribution in [3.05, 3.63) is 66.4 Å². The van der Waals surface area contributed by atoms with Gasteiger partial charge in [0.2, 0.25) is 5.95 Å². The first-order chi connectivity index (χ1) is 14.8. The molecule has 0 radical (unpaired) electrons. The van der Waals surface area contributed by atoms with E-state index in [2.05, 4.69) is 44.6 Å². The molecule has 1 aromatic carbocycles. The lowest BCUT2D eigenvalue weighted by atomic mass is 10.0. The average molecular weight is 402 g/mol. The molecule has 0 amide bonds. The van der Waals surface area contributed by atoms with E-state index in [9.17, 15) is 0 Å². The van der Waals surface area contributed by atoms with Crippen molar-refractivity contribution in [1.29, 1.82) is 0 Å². The predicted octanol–water partition coefficient (Wildman–Crippen LogP) is 4.68. The molecule has 6 heteroatoms. The van der Waals surface area contributed by atoms with Crippen LogP contribution < -0.4 is 10.1 Å². The molecule has 1 fully saturated rings. The van der Waals surface area contributed by atoms with E-state index in [4.69, 9.17) is 4.74 Å². The van der Waals surface area contributed by atoms with Gasteiger partial charge in [0.05, 0.1) is 5.69 Å². The van der Waals surface area contributed by atoms with Crippen molar-refractivity contribution in [3.63, 3.8) is 0 Å². The van der Waals surface area contributed by atoms with Crippen LogP contribution in [0.1, 0.15) is 31.4 Å². The molecule has 0 atom stereocenters. The van der Waals surface area contributed by atoms with Crippen LogP contribution in [0.2, 0.25) is 0 Å². The molecular weight excluding hydrogens is 374 g/mol. The zero-order valence-electron chi connectivity index (χ0n) is 17.1. The fraction of sp³-hybridized carbons (Fsp3) is 0.333. The van der Waals surface area contributed by atoms with Gasteiger partial charge in [0.15, 0.2) is 5.65 Å². The quantitative estimate of drug-likeness (QED) is 0.623. The third kappa shape index (κ3) is 4.24. The Balaban J connectivity index is 1.25. The first-order valence-electron chi connectivity index (χ1n) is 10.8. The second-order valence-corrected chi connectivity index (χ2v) is 7.80. The molecule has 5 rings (SSSR count). The van der Waals surface area contributed by atoms with Crippen molar-refractivity contribution < 1.29 is 4.74 Å². The van der Waals surface area contributed by atoms with Gasteiger partial charge in [-0.25, -0.2) is 4.52 Å². The van der Waals surface area contributed by atoms with Crippen molar-refractivity contribution in [3.8, 4) is 5.75 Å². The second-order valence-electron chi connectivity index (χ2n) is 7.80. The Labute approximate surface area is 176 Å². The number of pyridine rings is 1. The fourth-order valence-electron chi connectivity index (χ4n) is 4.04. The van der Waals surface area contributed by atoms with E-state index in [0.717, 1.165) is 48.8 Å². The van der Waals surface area contributed by atoms with E-state index in [1.807, 2.05) is 40.9 Å². The fourth-order valence-corrected chi connectivity index (χ4v) is 4.04. The molecule has 2 aliphatic rings. The number of ether oxygens (including phenoxy) is 1. The van der Waals surface area contributed by atoms with Gasteiger partial charge in [0.25, 0.3) is 0 Å². The number of hydrogen-bond acceptors (Lipinski definition) is 5. The van der Waals surface area contributed by atoms with Crippen LogP contribution in [0.15, 0.2) is 60.7 Å². The van der Waals surface area contributed by atoms with Gasteiger partial charge in [-0.05, 0) is 80.7 Å². The van der Waals surface area contributed by atoms with Gasteiger partial charge in [-0.1, -0.05) is 24.3 Å². The Hall–Kier alpha value is -3.12. The molecule has 6 nitrogen and oxygen atoms in total. The van der Waals surface area contributed by atoms with Gasteiger partial charge in [0.1, 0.15) is 12.4 Å². The average Bonchev–Trinajstić information content (AvgIpc) is 3.45. The second kappa shape index (κ2) is 8.71. The van der Waals surface area contributed by atoms with Crippen molar-refractivity contribution in [2.75, 3.05) is 31.6 Å². The molecule has 2 aromatic heterocycles. The van der Waals surface area contributed by atoms with Crippen molar-refractivity contribution in [2.45, 2.75) is 25.7 Å². The number of nitrogens with zero attached hydrogens (tertiary/aromatic N) is 4. The highest BCUT2D eigenvalue weighted by Crippen LogP contribution is 2.24. The first kappa shape index (κ1) is 18.9. The Kier molecular flexibility index (Phi) is 5.48. The summed E-state index contributed by atoms with van der Waals surface area (Å²) in [6, 6.07) is 14.1. The number of aromatic nitrogens is 3. The first-order valence-corrected chi connectivity index (χ1v) is 10.8. The maximum Gasteiger partial charge on any atom is 0.247 e. The summed E-state index contributed by atoms with van der Waals surface area (Å²) in [7, 11) is 0. The summed E-state index contributed by atoms with van der Waals surface area (Å²) in [5, 5.41) is 7.99. The van der Waals surface area contributed by atoms with Crippen molar-refractivity contribution in [2.24, 2.45) is 0 Å². The third-order valence-electron chi connectivity index (χ3n) is 5.64. The Morgan fingerprint density at radius 3 is 2.67 bits per heavy atom. The van der Waals surface area contributed by atoms with Crippen LogP contribution in [0.25, 0.3) is 11.2 Å². The highest BCUT2D eigenvalue weighted by Gasteiger charge is 2.12. The third-order valence-corrected chi connectivity index (χ3v) is 5.64. The van der Waals surface area contributed by atoms with Gasteiger partial charge in [-0.3, -0.25) is 4.90 Å². The summed E-state index contributed by atoms with van der Waals surface area (Å²) in [6.45, 7) is 4.13. The lowest BCUT2D eigenvalue weighted by Gasteiger charge is -2.15. The number of likely N-dealkylation sites (tertiary alicyclic amines) is 1. The molecule has 0 unspecified atom stereocenters. The minimum atomic E-state index is 0.588. The summed E-state index contributed by atoms with van der Waals surface area (Å²) in [4.78, 5) is 7.09. The summed E-state index contributed by atoms with van der Waals surface area (Å²) < 4.78 is 7.79. The number of allylic oxidation sites excluding steroid dienone is 4. The summed E-state index contributed by atoms with van der Waals surface area (Å²) >= 11 is 0. The van der Waals surface area contributed by atoms with E-state index in [1.165, 1.54) is 31.5 Å². The van der Waals surface area contributed by atoms with Crippen LogP contribution >= 0.6 is 0 Å². The number of rotatable bonds is 7. The summed E-state index contributed by atoms with van der Waals surface area (Å²) in [6.07, 6.45) is 11.4. The van der Waals surface area contributed by atoms with Crippen molar-refractivity contribution in [1.82, 2.24) is 19.5 Å². The molecule has 1 saturated heterocycles. The number of fused-ring (bicyclic) bond motifs is 1. The molecule has 1 aliphatic heterocycles. The normalized spacial score (nSPS) is 16.7. The van der Waals surface area contributed by atoms with Crippen LogP contribution in [0.4, 0.5) is 11.6 Å². The SMILES string of the molecule is C1=CC(c2cccc3nc(Nc4ccc(OCCN5CCCC5)cc4)nn23)=CCC1. The van der Waals surface area contributed by atoms with E-state index < -0.39 is 0 Å². The molecule has 3 aromatic rings. The topological polar surface area (TPSA) is 54.7 Å². The monoisotopic (exact) mass is 401 g/mol. The number of nitrogens with one attached hydrogen (secondary N) is 1. The lowest BCUT2D eigenvalue weighted by molar-refractivity contribution is 0.238. The van der Waals surface area contributed by atoms with Gasteiger partial charge < -0.3 is 10.1 Å². The minimum Gasteiger partial charge on any atom is -0.492 e. The molecular formula is C24H27N5O. The van der Waals surface area contributed by atoms with Crippen LogP contribution in [-0.4, -0.2) is 45.7 Å². The van der Waals surface area contributed by atoms with Crippen molar-refractivity contribution >= 4 is 22.9 Å². The molecule has 0 bridgehead atoms. The predicted molar refractivity (Wildman–Crippen MR) is 120 cm³/mol. The van der Waals surface area contributed by atoms with Gasteiger partial charge >= 0.3 is 0 Å². The molecule has 1 aliphatic carbocycles. The number of hydrogen-bond donors (Lipinski definition) is 1. The molecule has 0 saturated carbocycles. The largest absolute Gasteiger partial charge is 0.492 e. The Bertz CT molecular complexity index is 1060. The molecule has 1 N–H and O–H groups in total. The van der Waals surface area contributed by atoms with E-state index in [-0.39, 0.29) is 0 Å². The summed E-state index contributed by atoms with van der Waals surface area (Å²) in [5.41, 5.74) is 4.03. The zero-order chi connectivity index (χ0) is 20.2. The molecule has 0 spiro atoms. The lowest BCUT2D eigenvalue weighted by Crippen LogP contribution is -2.25. The highest BCUT2D eigenvalue weighted by atomic mass is 16.5. The van der Waals surface area contributed by atoms with Crippen LogP contribution in [-0.2, 0) is 0 Å². The maximum atomic E-state index is 5.89. The molecule has 154 valence electrons. The summed E-state index contributed by atoms with van der Waals surface area (Å²) in [5.74, 6) is 1.48. The van der Waals surface area contributed by atoms with Crippen LogP contribution in [0.5, 0.6) is 5.75 Å². The van der Waals surface area contributed by atoms with E-state index in [0.29, 0.717) is 5.95 Å². The van der Waals surface area contributed by atoms with Crippen LogP contribution in [0.3, 0.4) is 0 Å². The van der Waals surface area contributed by atoms with Gasteiger partial charge in [-0.15, -0.1) is 5.10 Å². The van der Waals surface area contributed by atoms with E-state index in [1.54, 1.807) is 0 Å². The smallest absolute Gasteiger partial charge is 0.247 e. The number of anilines is 2. The molecule has 30 heavy (non-hydrogen) atoms. The highest BCUT2D eigenvalue weighted by molar-refractivity contribution is 5.74. The molecule has 3 heterocycles. The number of benzene rings is 1. The van der Waals surface area contributed by atoms with Crippen LogP contribution in [0, 0.1) is 0 Å². The Morgan fingerprint density at radius 2 is 1.87 bits per heavy atom.